The van der Waals surface area contributed by atoms with Gasteiger partial charge < -0.3 is 5.32 Å². The zero-order valence-corrected chi connectivity index (χ0v) is 14.0. The standard InChI is InChI=1S/C19H25N3O/c1-14(2)16-5-3-4-6-17(16)21-18(23)12-22-8-7-19(13-22)9-15(10-19)11-20/h3-6,14-15H,7-10,12-13H2,1-2H3,(H,21,23). The molecule has 1 saturated carbocycles. The molecule has 2 fully saturated rings. The average molecular weight is 311 g/mol. The Morgan fingerprint density at radius 1 is 1.43 bits per heavy atom. The Balaban J connectivity index is 1.54. The van der Waals surface area contributed by atoms with Crippen molar-refractivity contribution in [1.82, 2.24) is 4.90 Å². The minimum Gasteiger partial charge on any atom is -0.325 e. The van der Waals surface area contributed by atoms with Gasteiger partial charge in [-0.25, -0.2) is 0 Å². The van der Waals surface area contributed by atoms with E-state index in [-0.39, 0.29) is 11.8 Å². The molecule has 0 atom stereocenters. The van der Waals surface area contributed by atoms with Crippen LogP contribution >= 0.6 is 0 Å². The summed E-state index contributed by atoms with van der Waals surface area (Å²) >= 11 is 0. The van der Waals surface area contributed by atoms with Gasteiger partial charge in [0.15, 0.2) is 0 Å². The van der Waals surface area contributed by atoms with Gasteiger partial charge in [0.2, 0.25) is 5.91 Å². The number of nitriles is 1. The van der Waals surface area contributed by atoms with Crippen molar-refractivity contribution in [2.45, 2.75) is 39.0 Å². The molecule has 1 heterocycles. The van der Waals surface area contributed by atoms with Crippen LogP contribution in [0.5, 0.6) is 0 Å². The molecule has 1 spiro atoms. The third kappa shape index (κ3) is 3.40. The molecule has 0 bridgehead atoms. The molecule has 0 aromatic heterocycles. The second-order valence-electron chi connectivity index (χ2n) is 7.49. The van der Waals surface area contributed by atoms with Crippen LogP contribution in [0.2, 0.25) is 0 Å². The van der Waals surface area contributed by atoms with Gasteiger partial charge in [0, 0.05) is 18.2 Å². The second kappa shape index (κ2) is 6.33. The molecule has 3 rings (SSSR count). The van der Waals surface area contributed by atoms with E-state index in [1.165, 1.54) is 5.56 Å². The van der Waals surface area contributed by atoms with Gasteiger partial charge in [-0.15, -0.1) is 0 Å². The Bertz CT molecular complexity index is 626. The molecular formula is C19H25N3O. The van der Waals surface area contributed by atoms with Crippen LogP contribution in [-0.4, -0.2) is 30.4 Å². The van der Waals surface area contributed by atoms with Crippen LogP contribution in [0.4, 0.5) is 5.69 Å². The molecule has 2 aliphatic rings. The molecule has 4 heteroatoms. The molecule has 1 N–H and O–H groups in total. The van der Waals surface area contributed by atoms with E-state index in [1.807, 2.05) is 18.2 Å². The normalized spacial score (nSPS) is 27.0. The number of hydrogen-bond acceptors (Lipinski definition) is 3. The molecule has 1 amide bonds. The van der Waals surface area contributed by atoms with Crippen molar-refractivity contribution in [3.8, 4) is 6.07 Å². The first-order valence-corrected chi connectivity index (χ1v) is 8.52. The van der Waals surface area contributed by atoms with Crippen LogP contribution in [0, 0.1) is 22.7 Å². The lowest BCUT2D eigenvalue weighted by molar-refractivity contribution is -0.117. The zero-order chi connectivity index (χ0) is 16.4. The Labute approximate surface area is 138 Å². The smallest absolute Gasteiger partial charge is 0.238 e. The van der Waals surface area contributed by atoms with Crippen LogP contribution in [0.15, 0.2) is 24.3 Å². The summed E-state index contributed by atoms with van der Waals surface area (Å²) in [6.07, 6.45) is 3.15. The van der Waals surface area contributed by atoms with Gasteiger partial charge >= 0.3 is 0 Å². The number of nitrogens with zero attached hydrogens (tertiary/aromatic N) is 2. The van der Waals surface area contributed by atoms with E-state index in [2.05, 4.69) is 36.2 Å². The van der Waals surface area contributed by atoms with Crippen LogP contribution in [-0.2, 0) is 4.79 Å². The number of likely N-dealkylation sites (tertiary alicyclic amines) is 1. The molecule has 4 nitrogen and oxygen atoms in total. The summed E-state index contributed by atoms with van der Waals surface area (Å²) in [5.41, 5.74) is 2.42. The fourth-order valence-electron chi connectivity index (χ4n) is 4.08. The van der Waals surface area contributed by atoms with Crippen LogP contribution < -0.4 is 5.32 Å². The number of carbonyl (C=O) groups excluding carboxylic acids is 1. The highest BCUT2D eigenvalue weighted by Gasteiger charge is 2.48. The molecule has 23 heavy (non-hydrogen) atoms. The predicted molar refractivity (Wildman–Crippen MR) is 91.0 cm³/mol. The lowest BCUT2D eigenvalue weighted by Gasteiger charge is -2.42. The Morgan fingerprint density at radius 2 is 2.17 bits per heavy atom. The number of para-hydroxylation sites is 1. The maximum atomic E-state index is 12.4. The third-order valence-electron chi connectivity index (χ3n) is 5.28. The molecule has 1 aliphatic carbocycles. The summed E-state index contributed by atoms with van der Waals surface area (Å²) in [7, 11) is 0. The lowest BCUT2D eigenvalue weighted by Crippen LogP contribution is -2.40. The van der Waals surface area contributed by atoms with Crippen LogP contribution in [0.1, 0.15) is 44.6 Å². The Kier molecular flexibility index (Phi) is 4.41. The van der Waals surface area contributed by atoms with Crippen molar-refractivity contribution in [3.05, 3.63) is 29.8 Å². The molecule has 1 aromatic carbocycles. The maximum Gasteiger partial charge on any atom is 0.238 e. The zero-order valence-electron chi connectivity index (χ0n) is 14.0. The average Bonchev–Trinajstić information content (AvgIpc) is 2.89. The number of anilines is 1. The van der Waals surface area contributed by atoms with Gasteiger partial charge in [-0.2, -0.15) is 5.26 Å². The van der Waals surface area contributed by atoms with E-state index in [0.29, 0.717) is 17.9 Å². The van der Waals surface area contributed by atoms with E-state index in [4.69, 9.17) is 5.26 Å². The maximum absolute atomic E-state index is 12.4. The SMILES string of the molecule is CC(C)c1ccccc1NC(=O)CN1CCC2(CC(C#N)C2)C1. The van der Waals surface area contributed by atoms with E-state index >= 15 is 0 Å². The van der Waals surface area contributed by atoms with Gasteiger partial charge in [0.25, 0.3) is 0 Å². The minimum atomic E-state index is 0.0614. The first-order valence-electron chi connectivity index (χ1n) is 8.52. The van der Waals surface area contributed by atoms with E-state index in [9.17, 15) is 4.79 Å². The fourth-order valence-corrected chi connectivity index (χ4v) is 4.08. The second-order valence-corrected chi connectivity index (χ2v) is 7.49. The third-order valence-corrected chi connectivity index (χ3v) is 5.28. The van der Waals surface area contributed by atoms with Crippen molar-refractivity contribution in [2.24, 2.45) is 11.3 Å². The highest BCUT2D eigenvalue weighted by atomic mass is 16.2. The molecule has 122 valence electrons. The quantitative estimate of drug-likeness (QED) is 0.927. The van der Waals surface area contributed by atoms with Gasteiger partial charge in [-0.05, 0) is 48.8 Å². The largest absolute Gasteiger partial charge is 0.325 e. The van der Waals surface area contributed by atoms with Crippen molar-refractivity contribution in [2.75, 3.05) is 25.0 Å². The van der Waals surface area contributed by atoms with Crippen molar-refractivity contribution < 1.29 is 4.79 Å². The molecular weight excluding hydrogens is 286 g/mol. The summed E-state index contributed by atoms with van der Waals surface area (Å²) < 4.78 is 0. The predicted octanol–water partition coefficient (Wildman–Crippen LogP) is 3.37. The van der Waals surface area contributed by atoms with E-state index in [0.717, 1.165) is 38.0 Å². The number of rotatable bonds is 4. The summed E-state index contributed by atoms with van der Waals surface area (Å²) in [4.78, 5) is 14.6. The highest BCUT2D eigenvalue weighted by Crippen LogP contribution is 2.51. The molecule has 1 aromatic rings. The Hall–Kier alpha value is -1.86. The van der Waals surface area contributed by atoms with Crippen LogP contribution in [0.3, 0.4) is 0 Å². The van der Waals surface area contributed by atoms with Crippen molar-refractivity contribution >= 4 is 11.6 Å². The lowest BCUT2D eigenvalue weighted by atomic mass is 9.62. The van der Waals surface area contributed by atoms with E-state index < -0.39 is 0 Å². The van der Waals surface area contributed by atoms with Crippen molar-refractivity contribution in [3.63, 3.8) is 0 Å². The first-order chi connectivity index (χ1) is 11.0. The number of benzene rings is 1. The molecule has 1 saturated heterocycles. The Morgan fingerprint density at radius 3 is 2.87 bits per heavy atom. The summed E-state index contributed by atoms with van der Waals surface area (Å²) in [5, 5.41) is 12.0. The summed E-state index contributed by atoms with van der Waals surface area (Å²) in [6, 6.07) is 10.4. The topological polar surface area (TPSA) is 56.1 Å². The molecule has 0 unspecified atom stereocenters. The first kappa shape index (κ1) is 16.0. The molecule has 1 aliphatic heterocycles. The molecule has 0 radical (unpaired) electrons. The van der Waals surface area contributed by atoms with Crippen molar-refractivity contribution in [1.29, 1.82) is 5.26 Å². The number of amides is 1. The van der Waals surface area contributed by atoms with Gasteiger partial charge in [0.1, 0.15) is 0 Å². The number of nitrogens with one attached hydrogen (secondary N) is 1. The van der Waals surface area contributed by atoms with Crippen LogP contribution in [0.25, 0.3) is 0 Å². The number of hydrogen-bond donors (Lipinski definition) is 1. The summed E-state index contributed by atoms with van der Waals surface area (Å²) in [6.45, 7) is 6.65. The fraction of sp³-hybridized carbons (Fsp3) is 0.579. The minimum absolute atomic E-state index is 0.0614. The monoisotopic (exact) mass is 311 g/mol. The van der Waals surface area contributed by atoms with Gasteiger partial charge in [-0.1, -0.05) is 32.0 Å². The van der Waals surface area contributed by atoms with Gasteiger partial charge in [-0.3, -0.25) is 9.69 Å². The highest BCUT2D eigenvalue weighted by molar-refractivity contribution is 5.93. The van der Waals surface area contributed by atoms with Gasteiger partial charge in [0.05, 0.1) is 12.6 Å². The summed E-state index contributed by atoms with van der Waals surface area (Å²) in [5.74, 6) is 0.687. The van der Waals surface area contributed by atoms with E-state index in [1.54, 1.807) is 0 Å². The number of carbonyl (C=O) groups is 1.